The van der Waals surface area contributed by atoms with E-state index < -0.39 is 18.0 Å². The number of likely N-dealkylation sites (tertiary alicyclic amines) is 1. The van der Waals surface area contributed by atoms with Gasteiger partial charge in [-0.3, -0.25) is 4.79 Å². The molecule has 0 radical (unpaired) electrons. The van der Waals surface area contributed by atoms with Crippen molar-refractivity contribution in [1.29, 1.82) is 0 Å². The fraction of sp³-hybridized carbons (Fsp3) is 0.257. The molecule has 0 unspecified atom stereocenters. The molecule has 1 heterocycles. The van der Waals surface area contributed by atoms with Gasteiger partial charge in [0.1, 0.15) is 17.6 Å². The summed E-state index contributed by atoms with van der Waals surface area (Å²) in [4.78, 5) is 27.9. The SMILES string of the molecule is Cc1cc(OC(F)(F)F)cc(C(=O)Nc2cccc(OC3CCN(C(=O)NCCc4ccccc4)CC3)c2)c1-c1ccccc1. The molecule has 1 saturated heterocycles. The molecule has 0 aliphatic carbocycles. The van der Waals surface area contributed by atoms with Gasteiger partial charge in [0.05, 0.1) is 5.56 Å². The number of anilines is 1. The van der Waals surface area contributed by atoms with Gasteiger partial charge in [0, 0.05) is 44.2 Å². The van der Waals surface area contributed by atoms with Crippen molar-refractivity contribution in [3.63, 3.8) is 0 Å². The third-order valence-corrected chi connectivity index (χ3v) is 7.51. The Kier molecular flexibility index (Phi) is 9.92. The van der Waals surface area contributed by atoms with Crippen molar-refractivity contribution in [2.45, 2.75) is 38.7 Å². The highest BCUT2D eigenvalue weighted by atomic mass is 19.4. The molecule has 0 saturated carbocycles. The number of hydrogen-bond acceptors (Lipinski definition) is 4. The van der Waals surface area contributed by atoms with Gasteiger partial charge in [0.2, 0.25) is 0 Å². The number of halogens is 3. The number of nitrogens with zero attached hydrogens (tertiary/aromatic N) is 1. The molecular formula is C35H34F3N3O4. The smallest absolute Gasteiger partial charge is 0.490 e. The number of ether oxygens (including phenoxy) is 2. The van der Waals surface area contributed by atoms with Gasteiger partial charge >= 0.3 is 12.4 Å². The first-order valence-electron chi connectivity index (χ1n) is 14.8. The zero-order chi connectivity index (χ0) is 31.8. The van der Waals surface area contributed by atoms with Gasteiger partial charge < -0.3 is 25.0 Å². The second-order valence-electron chi connectivity index (χ2n) is 10.8. The van der Waals surface area contributed by atoms with Gasteiger partial charge in [0.15, 0.2) is 0 Å². The van der Waals surface area contributed by atoms with Gasteiger partial charge in [-0.1, -0.05) is 66.7 Å². The van der Waals surface area contributed by atoms with Crippen LogP contribution in [-0.4, -0.2) is 48.9 Å². The molecule has 7 nitrogen and oxygen atoms in total. The van der Waals surface area contributed by atoms with Crippen LogP contribution >= 0.6 is 0 Å². The van der Waals surface area contributed by atoms with Crippen LogP contribution in [0.3, 0.4) is 0 Å². The van der Waals surface area contributed by atoms with Gasteiger partial charge in [0.25, 0.3) is 5.91 Å². The van der Waals surface area contributed by atoms with Gasteiger partial charge in [-0.05, 0) is 59.9 Å². The van der Waals surface area contributed by atoms with Crippen molar-refractivity contribution in [2.24, 2.45) is 0 Å². The Hall–Kier alpha value is -4.99. The summed E-state index contributed by atoms with van der Waals surface area (Å²) in [6.07, 6.45) is -2.96. The lowest BCUT2D eigenvalue weighted by atomic mass is 9.94. The molecule has 0 atom stereocenters. The summed E-state index contributed by atoms with van der Waals surface area (Å²) in [7, 11) is 0. The minimum atomic E-state index is -4.90. The van der Waals surface area contributed by atoms with Crippen LogP contribution in [0.2, 0.25) is 0 Å². The summed E-state index contributed by atoms with van der Waals surface area (Å²) in [5, 5.41) is 5.78. The van der Waals surface area contributed by atoms with Crippen molar-refractivity contribution in [2.75, 3.05) is 25.0 Å². The van der Waals surface area contributed by atoms with Crippen molar-refractivity contribution in [3.8, 4) is 22.6 Å². The Bertz CT molecular complexity index is 1610. The lowest BCUT2D eigenvalue weighted by Crippen LogP contribution is -2.46. The van der Waals surface area contributed by atoms with Crippen molar-refractivity contribution in [3.05, 3.63) is 114 Å². The summed E-state index contributed by atoms with van der Waals surface area (Å²) in [6, 6.07) is 28.1. The molecule has 0 spiro atoms. The van der Waals surface area contributed by atoms with E-state index in [0.717, 1.165) is 12.5 Å². The van der Waals surface area contributed by atoms with Crippen LogP contribution in [0.25, 0.3) is 11.1 Å². The number of alkyl halides is 3. The normalized spacial score (nSPS) is 13.6. The number of rotatable bonds is 9. The van der Waals surface area contributed by atoms with Gasteiger partial charge in [-0.25, -0.2) is 4.79 Å². The Morgan fingerprint density at radius 1 is 0.867 bits per heavy atom. The molecule has 5 rings (SSSR count). The first kappa shape index (κ1) is 31.4. The number of hydrogen-bond donors (Lipinski definition) is 2. The molecule has 0 bridgehead atoms. The predicted molar refractivity (Wildman–Crippen MR) is 166 cm³/mol. The van der Waals surface area contributed by atoms with Crippen molar-refractivity contribution < 1.29 is 32.2 Å². The minimum Gasteiger partial charge on any atom is -0.490 e. The van der Waals surface area contributed by atoms with E-state index in [1.807, 2.05) is 36.4 Å². The van der Waals surface area contributed by atoms with E-state index in [1.165, 1.54) is 11.6 Å². The van der Waals surface area contributed by atoms with Gasteiger partial charge in [-0.2, -0.15) is 0 Å². The molecule has 10 heteroatoms. The fourth-order valence-electron chi connectivity index (χ4n) is 5.40. The lowest BCUT2D eigenvalue weighted by Gasteiger charge is -2.32. The van der Waals surface area contributed by atoms with Gasteiger partial charge in [-0.15, -0.1) is 13.2 Å². The van der Waals surface area contributed by atoms with Crippen LogP contribution in [-0.2, 0) is 6.42 Å². The minimum absolute atomic E-state index is 0.0428. The maximum absolute atomic E-state index is 13.5. The lowest BCUT2D eigenvalue weighted by molar-refractivity contribution is -0.274. The molecule has 4 aromatic rings. The van der Waals surface area contributed by atoms with E-state index in [2.05, 4.69) is 15.4 Å². The number of nitrogens with one attached hydrogen (secondary N) is 2. The number of urea groups is 1. The summed E-state index contributed by atoms with van der Waals surface area (Å²) in [5.41, 5.74) is 3.28. The molecule has 0 aromatic heterocycles. The van der Waals surface area contributed by atoms with E-state index in [0.29, 0.717) is 60.6 Å². The number of piperidine rings is 1. The number of carbonyl (C=O) groups is 2. The maximum atomic E-state index is 13.5. The first-order chi connectivity index (χ1) is 21.6. The van der Waals surface area contributed by atoms with E-state index >= 15 is 0 Å². The average molecular weight is 618 g/mol. The molecule has 4 aromatic carbocycles. The molecule has 2 N–H and O–H groups in total. The summed E-state index contributed by atoms with van der Waals surface area (Å²) in [5.74, 6) is -0.529. The van der Waals surface area contributed by atoms with E-state index in [-0.39, 0.29) is 17.7 Å². The molecular weight excluding hydrogens is 583 g/mol. The Balaban J connectivity index is 1.20. The highest BCUT2D eigenvalue weighted by Crippen LogP contribution is 2.34. The average Bonchev–Trinajstić information content (AvgIpc) is 3.01. The van der Waals surface area contributed by atoms with E-state index in [4.69, 9.17) is 4.74 Å². The number of aryl methyl sites for hydroxylation is 1. The zero-order valence-electron chi connectivity index (χ0n) is 24.8. The predicted octanol–water partition coefficient (Wildman–Crippen LogP) is 7.61. The van der Waals surface area contributed by atoms with E-state index in [9.17, 15) is 22.8 Å². The van der Waals surface area contributed by atoms with Crippen LogP contribution in [0, 0.1) is 6.92 Å². The molecule has 1 fully saturated rings. The highest BCUT2D eigenvalue weighted by molar-refractivity contribution is 6.09. The highest BCUT2D eigenvalue weighted by Gasteiger charge is 2.32. The second-order valence-corrected chi connectivity index (χ2v) is 10.8. The van der Waals surface area contributed by atoms with Crippen LogP contribution in [0.15, 0.2) is 97.1 Å². The molecule has 3 amide bonds. The standard InChI is InChI=1S/C35H34F3N3O4/c1-24-21-30(45-35(36,37)38)23-31(32(24)26-11-6-3-7-12-26)33(42)40-27-13-8-14-29(22-27)44-28-16-19-41(20-17-28)34(43)39-18-15-25-9-4-2-5-10-25/h2-14,21-23,28H,15-20H2,1H3,(H,39,43)(H,40,42). The summed E-state index contributed by atoms with van der Waals surface area (Å²) < 4.78 is 49.4. The van der Waals surface area contributed by atoms with E-state index in [1.54, 1.807) is 60.4 Å². The number of carbonyl (C=O) groups excluding carboxylic acids is 2. The quantitative estimate of drug-likeness (QED) is 0.203. The first-order valence-corrected chi connectivity index (χ1v) is 14.8. The molecule has 1 aliphatic heterocycles. The topological polar surface area (TPSA) is 79.9 Å². The second kappa shape index (κ2) is 14.2. The van der Waals surface area contributed by atoms with Crippen LogP contribution in [0.5, 0.6) is 11.5 Å². The molecule has 1 aliphatic rings. The third-order valence-electron chi connectivity index (χ3n) is 7.51. The Morgan fingerprint density at radius 2 is 1.56 bits per heavy atom. The van der Waals surface area contributed by atoms with Crippen molar-refractivity contribution in [1.82, 2.24) is 10.2 Å². The maximum Gasteiger partial charge on any atom is 0.573 e. The summed E-state index contributed by atoms with van der Waals surface area (Å²) >= 11 is 0. The monoisotopic (exact) mass is 617 g/mol. The largest absolute Gasteiger partial charge is 0.573 e. The number of benzene rings is 4. The van der Waals surface area contributed by atoms with Crippen LogP contribution in [0.1, 0.15) is 34.3 Å². The van der Waals surface area contributed by atoms with Crippen LogP contribution < -0.4 is 20.1 Å². The molecule has 45 heavy (non-hydrogen) atoms. The fourth-order valence-corrected chi connectivity index (χ4v) is 5.40. The third kappa shape index (κ3) is 8.78. The summed E-state index contributed by atoms with van der Waals surface area (Å²) in [6.45, 7) is 3.30. The van der Waals surface area contributed by atoms with Crippen molar-refractivity contribution >= 4 is 17.6 Å². The van der Waals surface area contributed by atoms with Crippen LogP contribution in [0.4, 0.5) is 23.7 Å². The Labute approximate surface area is 260 Å². The number of amides is 3. The Morgan fingerprint density at radius 3 is 2.24 bits per heavy atom. The zero-order valence-corrected chi connectivity index (χ0v) is 24.8. The molecule has 234 valence electrons.